The topological polar surface area (TPSA) is 142 Å². The summed E-state index contributed by atoms with van der Waals surface area (Å²) in [6.07, 6.45) is 5.62. The number of carboxylic acid groups (broad SMARTS) is 1. The van der Waals surface area contributed by atoms with Crippen molar-refractivity contribution in [2.45, 2.75) is 57.7 Å². The lowest BCUT2D eigenvalue weighted by Gasteiger charge is -2.29. The minimum absolute atomic E-state index is 0.0751. The van der Waals surface area contributed by atoms with Crippen LogP contribution in [-0.4, -0.2) is 68.3 Å². The van der Waals surface area contributed by atoms with Crippen LogP contribution >= 0.6 is 0 Å². The highest BCUT2D eigenvalue weighted by Crippen LogP contribution is 2.20. The van der Waals surface area contributed by atoms with Crippen molar-refractivity contribution in [2.24, 2.45) is 5.92 Å². The molecule has 0 radical (unpaired) electrons. The Morgan fingerprint density at radius 3 is 2.46 bits per heavy atom. The van der Waals surface area contributed by atoms with Gasteiger partial charge in [0, 0.05) is 25.4 Å². The number of benzene rings is 1. The van der Waals surface area contributed by atoms with E-state index in [0.717, 1.165) is 5.56 Å². The average Bonchev–Trinajstić information content (AvgIpc) is 3.34. The third-order valence-corrected chi connectivity index (χ3v) is 5.84. The van der Waals surface area contributed by atoms with Gasteiger partial charge < -0.3 is 20.6 Å². The Morgan fingerprint density at radius 1 is 1.09 bits per heavy atom. The van der Waals surface area contributed by atoms with Gasteiger partial charge in [-0.15, -0.1) is 0 Å². The zero-order valence-electron chi connectivity index (χ0n) is 19.9. The van der Waals surface area contributed by atoms with Crippen LogP contribution in [0, 0.1) is 5.92 Å². The van der Waals surface area contributed by atoms with Gasteiger partial charge in [0.2, 0.25) is 11.8 Å². The summed E-state index contributed by atoms with van der Waals surface area (Å²) in [6.45, 7) is 4.15. The first-order chi connectivity index (χ1) is 16.8. The van der Waals surface area contributed by atoms with Crippen molar-refractivity contribution in [1.82, 2.24) is 25.5 Å². The van der Waals surface area contributed by atoms with E-state index >= 15 is 0 Å². The Hall–Kier alpha value is -3.82. The van der Waals surface area contributed by atoms with Crippen molar-refractivity contribution in [3.8, 4) is 0 Å². The zero-order valence-corrected chi connectivity index (χ0v) is 19.9. The quantitative estimate of drug-likeness (QED) is 0.466. The van der Waals surface area contributed by atoms with Gasteiger partial charge in [-0.3, -0.25) is 19.4 Å². The molecule has 10 heteroatoms. The Kier molecular flexibility index (Phi) is 8.88. The monoisotopic (exact) mass is 481 g/mol. The maximum Gasteiger partial charge on any atom is 0.326 e. The third kappa shape index (κ3) is 7.08. The molecule has 1 aromatic heterocycles. The highest BCUT2D eigenvalue weighted by molar-refractivity contribution is 5.97. The van der Waals surface area contributed by atoms with Crippen molar-refractivity contribution in [3.63, 3.8) is 0 Å². The SMILES string of the molecule is CC(C)CC(NC(=O)c1cnccn1)C(=O)NC(Cc1ccccc1)C(=O)N1CCC[C@H]1C(=O)O. The van der Waals surface area contributed by atoms with Gasteiger partial charge in [-0.1, -0.05) is 44.2 Å². The molecule has 2 heterocycles. The Bertz CT molecular complexity index is 1030. The second-order valence-corrected chi connectivity index (χ2v) is 9.03. The van der Waals surface area contributed by atoms with E-state index < -0.39 is 41.8 Å². The van der Waals surface area contributed by atoms with Crippen LogP contribution in [-0.2, 0) is 20.8 Å². The van der Waals surface area contributed by atoms with E-state index in [1.807, 2.05) is 44.2 Å². The van der Waals surface area contributed by atoms with Gasteiger partial charge in [-0.05, 0) is 30.7 Å². The van der Waals surface area contributed by atoms with Crippen LogP contribution < -0.4 is 10.6 Å². The Labute approximate surface area is 204 Å². The molecular weight excluding hydrogens is 450 g/mol. The lowest BCUT2D eigenvalue weighted by Crippen LogP contribution is -2.56. The molecule has 186 valence electrons. The second-order valence-electron chi connectivity index (χ2n) is 9.03. The molecule has 0 spiro atoms. The molecule has 0 bridgehead atoms. The number of likely N-dealkylation sites (tertiary alicyclic amines) is 1. The average molecular weight is 482 g/mol. The van der Waals surface area contributed by atoms with Gasteiger partial charge in [0.05, 0.1) is 6.20 Å². The number of carbonyl (C=O) groups is 4. The molecule has 0 saturated carbocycles. The summed E-state index contributed by atoms with van der Waals surface area (Å²) in [5.74, 6) is -2.50. The highest BCUT2D eigenvalue weighted by atomic mass is 16.4. The van der Waals surface area contributed by atoms with Crippen LogP contribution in [0.2, 0.25) is 0 Å². The number of nitrogens with zero attached hydrogens (tertiary/aromatic N) is 3. The fraction of sp³-hybridized carbons (Fsp3) is 0.440. The molecule has 3 amide bonds. The van der Waals surface area contributed by atoms with Crippen molar-refractivity contribution in [3.05, 3.63) is 60.2 Å². The van der Waals surface area contributed by atoms with Crippen molar-refractivity contribution < 1.29 is 24.3 Å². The van der Waals surface area contributed by atoms with Gasteiger partial charge in [0.1, 0.15) is 23.8 Å². The van der Waals surface area contributed by atoms with E-state index in [0.29, 0.717) is 25.8 Å². The first kappa shape index (κ1) is 25.8. The molecular formula is C25H31N5O5. The van der Waals surface area contributed by atoms with Crippen LogP contribution in [0.3, 0.4) is 0 Å². The molecule has 0 aliphatic carbocycles. The van der Waals surface area contributed by atoms with Gasteiger partial charge in [0.15, 0.2) is 0 Å². The number of rotatable bonds is 10. The van der Waals surface area contributed by atoms with Crippen molar-refractivity contribution in [2.75, 3.05) is 6.54 Å². The number of carboxylic acids is 1. The van der Waals surface area contributed by atoms with E-state index in [2.05, 4.69) is 20.6 Å². The maximum absolute atomic E-state index is 13.4. The number of carbonyl (C=O) groups excluding carboxylic acids is 3. The van der Waals surface area contributed by atoms with Crippen LogP contribution in [0.4, 0.5) is 0 Å². The summed E-state index contributed by atoms with van der Waals surface area (Å²) >= 11 is 0. The van der Waals surface area contributed by atoms with Gasteiger partial charge in [-0.2, -0.15) is 0 Å². The van der Waals surface area contributed by atoms with Gasteiger partial charge >= 0.3 is 5.97 Å². The Balaban J connectivity index is 1.81. The number of aromatic nitrogens is 2. The number of hydrogen-bond acceptors (Lipinski definition) is 6. The smallest absolute Gasteiger partial charge is 0.326 e. The summed E-state index contributed by atoms with van der Waals surface area (Å²) in [7, 11) is 0. The van der Waals surface area contributed by atoms with E-state index in [1.165, 1.54) is 23.5 Å². The standard InChI is InChI=1S/C25H31N5O5/c1-16(2)13-18(28-23(32)20-15-26-10-11-27-20)22(31)29-19(14-17-7-4-3-5-8-17)24(33)30-12-6-9-21(30)25(34)35/h3-5,7-8,10-11,15-16,18-19,21H,6,9,12-14H2,1-2H3,(H,28,32)(H,29,31)(H,34,35)/t18?,19?,21-/m0/s1. The largest absolute Gasteiger partial charge is 0.480 e. The third-order valence-electron chi connectivity index (χ3n) is 5.84. The van der Waals surface area contributed by atoms with Crippen LogP contribution in [0.5, 0.6) is 0 Å². The molecule has 2 aromatic rings. The summed E-state index contributed by atoms with van der Waals surface area (Å²) in [5.41, 5.74) is 0.897. The molecule has 35 heavy (non-hydrogen) atoms. The highest BCUT2D eigenvalue weighted by Gasteiger charge is 2.38. The van der Waals surface area contributed by atoms with Gasteiger partial charge in [0.25, 0.3) is 5.91 Å². The molecule has 10 nitrogen and oxygen atoms in total. The number of aliphatic carboxylic acids is 1. The van der Waals surface area contributed by atoms with Crippen molar-refractivity contribution in [1.29, 1.82) is 0 Å². The minimum Gasteiger partial charge on any atom is -0.480 e. The summed E-state index contributed by atoms with van der Waals surface area (Å²) in [4.78, 5) is 60.2. The fourth-order valence-corrected chi connectivity index (χ4v) is 4.16. The number of amides is 3. The lowest BCUT2D eigenvalue weighted by molar-refractivity contribution is -0.149. The number of nitrogens with one attached hydrogen (secondary N) is 2. The van der Waals surface area contributed by atoms with E-state index in [-0.39, 0.29) is 18.0 Å². The van der Waals surface area contributed by atoms with Crippen LogP contribution in [0.15, 0.2) is 48.9 Å². The number of hydrogen-bond donors (Lipinski definition) is 3. The summed E-state index contributed by atoms with van der Waals surface area (Å²) < 4.78 is 0. The first-order valence-corrected chi connectivity index (χ1v) is 11.7. The second kappa shape index (κ2) is 12.0. The predicted molar refractivity (Wildman–Crippen MR) is 127 cm³/mol. The molecule has 1 fully saturated rings. The summed E-state index contributed by atoms with van der Waals surface area (Å²) in [6, 6.07) is 6.38. The van der Waals surface area contributed by atoms with Gasteiger partial charge in [-0.25, -0.2) is 9.78 Å². The van der Waals surface area contributed by atoms with Crippen LogP contribution in [0.25, 0.3) is 0 Å². The lowest BCUT2D eigenvalue weighted by atomic mass is 10.0. The van der Waals surface area contributed by atoms with E-state index in [9.17, 15) is 24.3 Å². The molecule has 1 aliphatic heterocycles. The molecule has 1 aromatic carbocycles. The minimum atomic E-state index is -1.06. The first-order valence-electron chi connectivity index (χ1n) is 11.7. The van der Waals surface area contributed by atoms with E-state index in [1.54, 1.807) is 0 Å². The molecule has 1 saturated heterocycles. The zero-order chi connectivity index (χ0) is 25.4. The Morgan fingerprint density at radius 2 is 1.83 bits per heavy atom. The molecule has 3 N–H and O–H groups in total. The molecule has 1 aliphatic rings. The van der Waals surface area contributed by atoms with Crippen molar-refractivity contribution >= 4 is 23.7 Å². The van der Waals surface area contributed by atoms with Crippen LogP contribution in [0.1, 0.15) is 49.2 Å². The summed E-state index contributed by atoms with van der Waals surface area (Å²) in [5, 5.41) is 15.0. The van der Waals surface area contributed by atoms with E-state index in [4.69, 9.17) is 0 Å². The molecule has 3 atom stereocenters. The normalized spacial score (nSPS) is 17.0. The predicted octanol–water partition coefficient (Wildman–Crippen LogP) is 1.42. The maximum atomic E-state index is 13.4. The molecule has 2 unspecified atom stereocenters. The molecule has 3 rings (SSSR count). The fourth-order valence-electron chi connectivity index (χ4n) is 4.16.